The summed E-state index contributed by atoms with van der Waals surface area (Å²) >= 11 is 1.41. The van der Waals surface area contributed by atoms with E-state index in [1.54, 1.807) is 13.8 Å². The largest absolute Gasteiger partial charge is 0.494 e. The predicted octanol–water partition coefficient (Wildman–Crippen LogP) is 3.16. The maximum absolute atomic E-state index is 11.1. The van der Waals surface area contributed by atoms with E-state index in [2.05, 4.69) is 9.97 Å². The predicted molar refractivity (Wildman–Crippen MR) is 79.4 cm³/mol. The van der Waals surface area contributed by atoms with Crippen LogP contribution in [0.25, 0.3) is 11.0 Å². The second-order valence-corrected chi connectivity index (χ2v) is 6.10. The van der Waals surface area contributed by atoms with Crippen LogP contribution in [0.3, 0.4) is 0 Å². The molecular formula is C14H18N2O3S. The van der Waals surface area contributed by atoms with Gasteiger partial charge in [0.05, 0.1) is 23.1 Å². The molecule has 1 aromatic heterocycles. The van der Waals surface area contributed by atoms with Crippen molar-refractivity contribution in [3.05, 3.63) is 18.2 Å². The van der Waals surface area contributed by atoms with E-state index in [9.17, 15) is 4.79 Å². The third kappa shape index (κ3) is 3.25. The van der Waals surface area contributed by atoms with Gasteiger partial charge in [-0.25, -0.2) is 4.98 Å². The lowest BCUT2D eigenvalue weighted by Gasteiger charge is -2.16. The van der Waals surface area contributed by atoms with Gasteiger partial charge in [0.2, 0.25) is 0 Å². The number of benzene rings is 1. The second kappa shape index (κ2) is 5.75. The molecule has 108 valence electrons. The fourth-order valence-corrected chi connectivity index (χ4v) is 2.57. The molecule has 0 aliphatic carbocycles. The van der Waals surface area contributed by atoms with E-state index in [1.807, 2.05) is 25.1 Å². The molecule has 0 radical (unpaired) electrons. The monoisotopic (exact) mass is 294 g/mol. The lowest BCUT2D eigenvalue weighted by Crippen LogP contribution is -2.26. The number of carboxylic acids is 1. The zero-order valence-corrected chi connectivity index (χ0v) is 12.6. The molecule has 6 heteroatoms. The maximum Gasteiger partial charge on any atom is 0.309 e. The van der Waals surface area contributed by atoms with Crippen molar-refractivity contribution in [3.8, 4) is 5.75 Å². The van der Waals surface area contributed by atoms with Gasteiger partial charge in [-0.05, 0) is 32.9 Å². The number of hydrogen-bond donors (Lipinski definition) is 2. The van der Waals surface area contributed by atoms with Crippen LogP contribution in [0.1, 0.15) is 20.8 Å². The van der Waals surface area contributed by atoms with Crippen molar-refractivity contribution in [2.24, 2.45) is 5.41 Å². The van der Waals surface area contributed by atoms with E-state index in [0.29, 0.717) is 12.4 Å². The quantitative estimate of drug-likeness (QED) is 0.800. The molecule has 2 rings (SSSR count). The Morgan fingerprint density at radius 3 is 2.90 bits per heavy atom. The van der Waals surface area contributed by atoms with Crippen molar-refractivity contribution in [3.63, 3.8) is 0 Å². The van der Waals surface area contributed by atoms with Crippen LogP contribution >= 0.6 is 11.8 Å². The summed E-state index contributed by atoms with van der Waals surface area (Å²) in [7, 11) is 0. The molecule has 0 aliphatic heterocycles. The van der Waals surface area contributed by atoms with Crippen LogP contribution in [0.2, 0.25) is 0 Å². The van der Waals surface area contributed by atoms with Crippen molar-refractivity contribution < 1.29 is 14.6 Å². The van der Waals surface area contributed by atoms with Crippen LogP contribution in [0, 0.1) is 5.41 Å². The molecule has 0 fully saturated rings. The van der Waals surface area contributed by atoms with Crippen LogP contribution in [0.5, 0.6) is 5.75 Å². The number of nitrogens with one attached hydrogen (secondary N) is 1. The highest BCUT2D eigenvalue weighted by Gasteiger charge is 2.27. The molecule has 1 heterocycles. The highest BCUT2D eigenvalue weighted by atomic mass is 32.2. The van der Waals surface area contributed by atoms with Gasteiger partial charge >= 0.3 is 5.97 Å². The third-order valence-electron chi connectivity index (χ3n) is 2.89. The lowest BCUT2D eigenvalue weighted by atomic mass is 9.97. The van der Waals surface area contributed by atoms with E-state index >= 15 is 0 Å². The van der Waals surface area contributed by atoms with E-state index in [0.717, 1.165) is 21.9 Å². The standard InChI is InChI=1S/C14H18N2O3S/c1-4-19-9-5-6-10-11(7-9)16-13(15-10)20-8-14(2,3)12(17)18/h5-7H,4,8H2,1-3H3,(H,15,16)(H,17,18). The zero-order chi connectivity index (χ0) is 14.8. The summed E-state index contributed by atoms with van der Waals surface area (Å²) in [5.74, 6) is 0.450. The van der Waals surface area contributed by atoms with Gasteiger partial charge in [0, 0.05) is 11.8 Å². The van der Waals surface area contributed by atoms with E-state index in [1.165, 1.54) is 11.8 Å². The van der Waals surface area contributed by atoms with Crippen LogP contribution in [-0.4, -0.2) is 33.4 Å². The summed E-state index contributed by atoms with van der Waals surface area (Å²) in [5.41, 5.74) is 0.968. The summed E-state index contributed by atoms with van der Waals surface area (Å²) in [5, 5.41) is 9.82. The Hall–Kier alpha value is -1.69. The Bertz CT molecular complexity index is 622. The number of carboxylic acid groups (broad SMARTS) is 1. The molecule has 20 heavy (non-hydrogen) atoms. The third-order valence-corrected chi connectivity index (χ3v) is 4.22. The fraction of sp³-hybridized carbons (Fsp3) is 0.429. The summed E-state index contributed by atoms with van der Waals surface area (Å²) in [6.07, 6.45) is 0. The minimum atomic E-state index is -0.806. The highest BCUT2D eigenvalue weighted by molar-refractivity contribution is 7.99. The number of aliphatic carboxylic acids is 1. The molecule has 0 saturated heterocycles. The van der Waals surface area contributed by atoms with Gasteiger partial charge < -0.3 is 14.8 Å². The Morgan fingerprint density at radius 2 is 2.25 bits per heavy atom. The number of ether oxygens (including phenoxy) is 1. The molecule has 0 saturated carbocycles. The van der Waals surface area contributed by atoms with Gasteiger partial charge in [0.15, 0.2) is 5.16 Å². The van der Waals surface area contributed by atoms with Crippen molar-refractivity contribution >= 4 is 28.8 Å². The highest BCUT2D eigenvalue weighted by Crippen LogP contribution is 2.28. The van der Waals surface area contributed by atoms with Gasteiger partial charge in [0.1, 0.15) is 5.75 Å². The van der Waals surface area contributed by atoms with Gasteiger partial charge in [0.25, 0.3) is 0 Å². The van der Waals surface area contributed by atoms with Gasteiger partial charge in [-0.15, -0.1) is 0 Å². The normalized spacial score (nSPS) is 11.8. The first kappa shape index (κ1) is 14.7. The van der Waals surface area contributed by atoms with Crippen LogP contribution in [0.4, 0.5) is 0 Å². The molecule has 2 N–H and O–H groups in total. The maximum atomic E-state index is 11.1. The molecule has 5 nitrogen and oxygen atoms in total. The number of carbonyl (C=O) groups is 1. The first-order valence-corrected chi connectivity index (χ1v) is 7.39. The van der Waals surface area contributed by atoms with Crippen LogP contribution in [-0.2, 0) is 4.79 Å². The molecule has 0 aliphatic rings. The number of fused-ring (bicyclic) bond motifs is 1. The number of imidazole rings is 1. The number of nitrogens with zero attached hydrogens (tertiary/aromatic N) is 1. The SMILES string of the molecule is CCOc1ccc2nc(SCC(C)(C)C(=O)O)[nH]c2c1. The smallest absolute Gasteiger partial charge is 0.309 e. The Labute approximate surface area is 121 Å². The summed E-state index contributed by atoms with van der Waals surface area (Å²) < 4.78 is 5.44. The lowest BCUT2D eigenvalue weighted by molar-refractivity contribution is -0.145. The molecule has 2 aromatic rings. The summed E-state index contributed by atoms with van der Waals surface area (Å²) in [6, 6.07) is 5.67. The van der Waals surface area contributed by atoms with Crippen molar-refractivity contribution in [2.75, 3.05) is 12.4 Å². The average Bonchev–Trinajstić information content (AvgIpc) is 2.79. The molecule has 0 bridgehead atoms. The van der Waals surface area contributed by atoms with Crippen molar-refractivity contribution in [1.82, 2.24) is 9.97 Å². The number of aromatic amines is 1. The minimum absolute atomic E-state index is 0.459. The first-order chi connectivity index (χ1) is 9.42. The van der Waals surface area contributed by atoms with Crippen LogP contribution < -0.4 is 4.74 Å². The van der Waals surface area contributed by atoms with Crippen LogP contribution in [0.15, 0.2) is 23.4 Å². The van der Waals surface area contributed by atoms with Gasteiger partial charge in [-0.1, -0.05) is 11.8 Å². The number of H-pyrrole nitrogens is 1. The van der Waals surface area contributed by atoms with Crippen molar-refractivity contribution in [1.29, 1.82) is 0 Å². The first-order valence-electron chi connectivity index (χ1n) is 6.41. The average molecular weight is 294 g/mol. The Kier molecular flexibility index (Phi) is 4.23. The topological polar surface area (TPSA) is 75.2 Å². The Balaban J connectivity index is 2.14. The molecule has 0 spiro atoms. The minimum Gasteiger partial charge on any atom is -0.494 e. The van der Waals surface area contributed by atoms with Gasteiger partial charge in [-0.3, -0.25) is 4.79 Å². The molecule has 0 unspecified atom stereocenters. The molecule has 1 aromatic carbocycles. The van der Waals surface area contributed by atoms with Gasteiger partial charge in [-0.2, -0.15) is 0 Å². The number of hydrogen-bond acceptors (Lipinski definition) is 4. The van der Waals surface area contributed by atoms with E-state index in [4.69, 9.17) is 9.84 Å². The number of thioether (sulfide) groups is 1. The molecule has 0 amide bonds. The number of aromatic nitrogens is 2. The Morgan fingerprint density at radius 1 is 1.50 bits per heavy atom. The molecular weight excluding hydrogens is 276 g/mol. The number of rotatable bonds is 6. The fourth-order valence-electron chi connectivity index (χ4n) is 1.60. The summed E-state index contributed by atoms with van der Waals surface area (Å²) in [4.78, 5) is 18.7. The van der Waals surface area contributed by atoms with E-state index in [-0.39, 0.29) is 0 Å². The molecule has 0 atom stereocenters. The zero-order valence-electron chi connectivity index (χ0n) is 11.8. The van der Waals surface area contributed by atoms with E-state index < -0.39 is 11.4 Å². The second-order valence-electron chi connectivity index (χ2n) is 5.13. The van der Waals surface area contributed by atoms with Crippen molar-refractivity contribution in [2.45, 2.75) is 25.9 Å². The summed E-state index contributed by atoms with van der Waals surface area (Å²) in [6.45, 7) is 5.97.